The van der Waals surface area contributed by atoms with Gasteiger partial charge in [0.1, 0.15) is 0 Å². The number of amides is 1. The highest BCUT2D eigenvalue weighted by molar-refractivity contribution is 5.89. The molecule has 0 aromatic heterocycles. The van der Waals surface area contributed by atoms with Gasteiger partial charge in [-0.15, -0.1) is 0 Å². The normalized spacial score (nSPS) is 18.4. The summed E-state index contributed by atoms with van der Waals surface area (Å²) in [6.45, 7) is 3.07. The Balaban J connectivity index is 1.81. The average molecular weight is 355 g/mol. The molecular weight excluding hydrogens is 335 g/mol. The van der Waals surface area contributed by atoms with Gasteiger partial charge in [0.05, 0.1) is 5.56 Å². The van der Waals surface area contributed by atoms with E-state index < -0.39 is 17.7 Å². The Bertz CT molecular complexity index is 638. The van der Waals surface area contributed by atoms with Gasteiger partial charge in [0.25, 0.3) is 5.91 Å². The lowest BCUT2D eigenvalue weighted by Crippen LogP contribution is -2.41. The maximum Gasteiger partial charge on any atom is 0.416 e. The molecule has 1 heterocycles. The summed E-state index contributed by atoms with van der Waals surface area (Å²) in [6.07, 6.45) is 0.0617. The number of hydrogen-bond donors (Lipinski definition) is 0. The Morgan fingerprint density at radius 1 is 1.28 bits per heavy atom. The first-order valence-electron chi connectivity index (χ1n) is 8.05. The first-order chi connectivity index (χ1) is 11.8. The third kappa shape index (κ3) is 5.92. The van der Waals surface area contributed by atoms with Crippen LogP contribution < -0.4 is 0 Å². The van der Waals surface area contributed by atoms with Crippen LogP contribution in [0.1, 0.15) is 30.9 Å². The maximum atomic E-state index is 12.5. The van der Waals surface area contributed by atoms with Crippen molar-refractivity contribution in [1.82, 2.24) is 4.90 Å². The zero-order valence-electron chi connectivity index (χ0n) is 13.9. The predicted octanol–water partition coefficient (Wildman–Crippen LogP) is 3.52. The Labute approximate surface area is 144 Å². The summed E-state index contributed by atoms with van der Waals surface area (Å²) in [5, 5.41) is 0. The smallest absolute Gasteiger partial charge is 0.416 e. The predicted molar refractivity (Wildman–Crippen MR) is 86.4 cm³/mol. The van der Waals surface area contributed by atoms with Crippen molar-refractivity contribution >= 4 is 18.0 Å². The Morgan fingerprint density at radius 3 is 2.56 bits per heavy atom. The third-order valence-corrected chi connectivity index (χ3v) is 4.00. The van der Waals surface area contributed by atoms with Gasteiger partial charge in [-0.3, -0.25) is 4.79 Å². The standard InChI is InChI=1S/C18H20F3NO3/c1-13-3-2-10-22(11-13)16(23)12-25-17(24)9-6-14-4-7-15(8-5-14)18(19,20)21/h4-9,13H,2-3,10-12H2,1H3/b9-6+. The highest BCUT2D eigenvalue weighted by Crippen LogP contribution is 2.29. The van der Waals surface area contributed by atoms with Gasteiger partial charge in [-0.2, -0.15) is 13.2 Å². The number of alkyl halides is 3. The van der Waals surface area contributed by atoms with Crippen LogP contribution in [0.2, 0.25) is 0 Å². The topological polar surface area (TPSA) is 46.6 Å². The summed E-state index contributed by atoms with van der Waals surface area (Å²) >= 11 is 0. The molecule has 0 saturated carbocycles. The van der Waals surface area contributed by atoms with Crippen LogP contribution in [0.5, 0.6) is 0 Å². The number of carbonyl (C=O) groups is 2. The Hall–Kier alpha value is -2.31. The van der Waals surface area contributed by atoms with Crippen molar-refractivity contribution in [3.05, 3.63) is 41.5 Å². The average Bonchev–Trinajstić information content (AvgIpc) is 2.57. The van der Waals surface area contributed by atoms with E-state index in [4.69, 9.17) is 4.74 Å². The molecule has 0 N–H and O–H groups in total. The molecule has 0 aliphatic carbocycles. The van der Waals surface area contributed by atoms with Crippen LogP contribution in [0.15, 0.2) is 30.3 Å². The molecule has 1 amide bonds. The highest BCUT2D eigenvalue weighted by Gasteiger charge is 2.29. The molecule has 2 rings (SSSR count). The van der Waals surface area contributed by atoms with Crippen LogP contribution in [-0.2, 0) is 20.5 Å². The van der Waals surface area contributed by atoms with Crippen molar-refractivity contribution in [1.29, 1.82) is 0 Å². The van der Waals surface area contributed by atoms with E-state index in [0.29, 0.717) is 24.6 Å². The lowest BCUT2D eigenvalue weighted by Gasteiger charge is -2.30. The largest absolute Gasteiger partial charge is 0.452 e. The number of ether oxygens (including phenoxy) is 1. The summed E-state index contributed by atoms with van der Waals surface area (Å²) in [4.78, 5) is 25.3. The van der Waals surface area contributed by atoms with E-state index in [0.717, 1.165) is 31.1 Å². The molecule has 1 aromatic carbocycles. The molecule has 4 nitrogen and oxygen atoms in total. The first kappa shape index (κ1) is 19.0. The zero-order chi connectivity index (χ0) is 18.4. The van der Waals surface area contributed by atoms with E-state index in [9.17, 15) is 22.8 Å². The fraction of sp³-hybridized carbons (Fsp3) is 0.444. The van der Waals surface area contributed by atoms with Crippen LogP contribution in [0.3, 0.4) is 0 Å². The van der Waals surface area contributed by atoms with Crippen molar-refractivity contribution in [3.8, 4) is 0 Å². The van der Waals surface area contributed by atoms with Gasteiger partial charge in [-0.05, 0) is 42.5 Å². The second-order valence-corrected chi connectivity index (χ2v) is 6.15. The van der Waals surface area contributed by atoms with E-state index in [1.165, 1.54) is 18.2 Å². The SMILES string of the molecule is CC1CCCN(C(=O)COC(=O)/C=C/c2ccc(C(F)(F)F)cc2)C1. The first-order valence-corrected chi connectivity index (χ1v) is 8.05. The fourth-order valence-electron chi connectivity index (χ4n) is 2.64. The molecule has 0 bridgehead atoms. The van der Waals surface area contributed by atoms with Crippen molar-refractivity contribution in [2.75, 3.05) is 19.7 Å². The Morgan fingerprint density at radius 2 is 1.96 bits per heavy atom. The molecule has 1 aliphatic rings. The van der Waals surface area contributed by atoms with E-state index in [1.54, 1.807) is 4.90 Å². The van der Waals surface area contributed by atoms with Crippen LogP contribution >= 0.6 is 0 Å². The van der Waals surface area contributed by atoms with Crippen LogP contribution in [0, 0.1) is 5.92 Å². The van der Waals surface area contributed by atoms with Crippen LogP contribution in [0.25, 0.3) is 6.08 Å². The van der Waals surface area contributed by atoms with Gasteiger partial charge in [-0.1, -0.05) is 19.1 Å². The lowest BCUT2D eigenvalue weighted by molar-refractivity contribution is -0.149. The molecule has 7 heteroatoms. The van der Waals surface area contributed by atoms with Gasteiger partial charge in [-0.25, -0.2) is 4.79 Å². The van der Waals surface area contributed by atoms with Gasteiger partial charge in [0.15, 0.2) is 6.61 Å². The number of benzene rings is 1. The highest BCUT2D eigenvalue weighted by atomic mass is 19.4. The number of carbonyl (C=O) groups excluding carboxylic acids is 2. The molecule has 1 fully saturated rings. The molecular formula is C18H20F3NO3. The van der Waals surface area contributed by atoms with Crippen molar-refractivity contribution in [2.45, 2.75) is 25.9 Å². The van der Waals surface area contributed by atoms with E-state index in [-0.39, 0.29) is 12.5 Å². The molecule has 1 unspecified atom stereocenters. The molecule has 25 heavy (non-hydrogen) atoms. The molecule has 1 aliphatic heterocycles. The Kier molecular flexibility index (Phi) is 6.22. The maximum absolute atomic E-state index is 12.5. The fourth-order valence-corrected chi connectivity index (χ4v) is 2.64. The second-order valence-electron chi connectivity index (χ2n) is 6.15. The monoisotopic (exact) mass is 355 g/mol. The van der Waals surface area contributed by atoms with Crippen LogP contribution in [-0.4, -0.2) is 36.5 Å². The number of nitrogens with zero attached hydrogens (tertiary/aromatic N) is 1. The number of esters is 1. The summed E-state index contributed by atoms with van der Waals surface area (Å²) in [5.41, 5.74) is -0.324. The van der Waals surface area contributed by atoms with Gasteiger partial charge >= 0.3 is 12.1 Å². The van der Waals surface area contributed by atoms with Crippen molar-refractivity contribution < 1.29 is 27.5 Å². The minimum absolute atomic E-state index is 0.233. The molecule has 1 atom stereocenters. The van der Waals surface area contributed by atoms with Gasteiger partial charge in [0, 0.05) is 19.2 Å². The minimum atomic E-state index is -4.40. The number of hydrogen-bond acceptors (Lipinski definition) is 3. The summed E-state index contributed by atoms with van der Waals surface area (Å²) < 4.78 is 42.3. The van der Waals surface area contributed by atoms with Crippen LogP contribution in [0.4, 0.5) is 13.2 Å². The molecule has 1 aromatic rings. The summed E-state index contributed by atoms with van der Waals surface area (Å²) in [5.74, 6) is -0.505. The van der Waals surface area contributed by atoms with Crippen molar-refractivity contribution in [3.63, 3.8) is 0 Å². The molecule has 0 spiro atoms. The molecule has 136 valence electrons. The summed E-state index contributed by atoms with van der Waals surface area (Å²) in [7, 11) is 0. The number of halogens is 3. The molecule has 1 saturated heterocycles. The third-order valence-electron chi connectivity index (χ3n) is 4.00. The lowest BCUT2D eigenvalue weighted by atomic mass is 10.0. The number of likely N-dealkylation sites (tertiary alicyclic amines) is 1. The van der Waals surface area contributed by atoms with Crippen molar-refractivity contribution in [2.24, 2.45) is 5.92 Å². The second kappa shape index (κ2) is 8.18. The molecule has 0 radical (unpaired) electrons. The van der Waals surface area contributed by atoms with E-state index in [2.05, 4.69) is 6.92 Å². The summed E-state index contributed by atoms with van der Waals surface area (Å²) in [6, 6.07) is 4.39. The number of piperidine rings is 1. The van der Waals surface area contributed by atoms with Gasteiger partial charge in [0.2, 0.25) is 0 Å². The van der Waals surface area contributed by atoms with Gasteiger partial charge < -0.3 is 9.64 Å². The van der Waals surface area contributed by atoms with E-state index >= 15 is 0 Å². The minimum Gasteiger partial charge on any atom is -0.452 e. The quantitative estimate of drug-likeness (QED) is 0.613. The van der Waals surface area contributed by atoms with E-state index in [1.807, 2.05) is 0 Å². The zero-order valence-corrected chi connectivity index (χ0v) is 13.9. The number of rotatable bonds is 4.